The Bertz CT molecular complexity index is 398. The number of imidazole rings is 1. The van der Waals surface area contributed by atoms with Crippen molar-refractivity contribution >= 4 is 11.6 Å². The smallest absolute Gasteiger partial charge is 0.133 e. The van der Waals surface area contributed by atoms with E-state index >= 15 is 0 Å². The van der Waals surface area contributed by atoms with Crippen LogP contribution in [0.2, 0.25) is 5.15 Å². The molecule has 108 valence electrons. The normalized spacial score (nSPS) is 19.8. The number of hydrogen-bond acceptors (Lipinski definition) is 4. The molecule has 1 aromatic rings. The summed E-state index contributed by atoms with van der Waals surface area (Å²) in [6, 6.07) is 0.262. The van der Waals surface area contributed by atoms with Crippen molar-refractivity contribution in [1.29, 1.82) is 0 Å². The van der Waals surface area contributed by atoms with Crippen LogP contribution >= 0.6 is 11.6 Å². The van der Waals surface area contributed by atoms with Crippen molar-refractivity contribution < 1.29 is 0 Å². The minimum absolute atomic E-state index is 0.262. The fraction of sp³-hybridized carbons (Fsp3) is 0.769. The van der Waals surface area contributed by atoms with Crippen LogP contribution in [0, 0.1) is 0 Å². The quantitative estimate of drug-likeness (QED) is 0.875. The van der Waals surface area contributed by atoms with Gasteiger partial charge in [0.15, 0.2) is 0 Å². The predicted molar refractivity (Wildman–Crippen MR) is 78.6 cm³/mol. The lowest BCUT2D eigenvalue weighted by Gasteiger charge is -2.38. The van der Waals surface area contributed by atoms with E-state index in [0.717, 1.165) is 50.1 Å². The van der Waals surface area contributed by atoms with Crippen LogP contribution in [-0.4, -0.2) is 65.7 Å². The summed E-state index contributed by atoms with van der Waals surface area (Å²) in [6.07, 6.45) is 1.79. The largest absolute Gasteiger partial charge is 0.325 e. The van der Waals surface area contributed by atoms with Crippen LogP contribution in [0.4, 0.5) is 0 Å². The van der Waals surface area contributed by atoms with Gasteiger partial charge in [-0.05, 0) is 13.6 Å². The first-order valence-corrected chi connectivity index (χ1v) is 7.32. The molecule has 0 aromatic carbocycles. The number of rotatable bonds is 5. The van der Waals surface area contributed by atoms with Crippen molar-refractivity contribution in [1.82, 2.24) is 24.7 Å². The summed E-state index contributed by atoms with van der Waals surface area (Å²) < 4.78 is 1.88. The minimum Gasteiger partial charge on any atom is -0.325 e. The second kappa shape index (κ2) is 6.70. The summed E-state index contributed by atoms with van der Waals surface area (Å²) in [5.41, 5.74) is 0.989. The fourth-order valence-corrected chi connectivity index (χ4v) is 2.86. The Kier molecular flexibility index (Phi) is 5.21. The summed E-state index contributed by atoms with van der Waals surface area (Å²) in [6.45, 7) is 8.64. The molecule has 0 aliphatic carbocycles. The van der Waals surface area contributed by atoms with Gasteiger partial charge in [0, 0.05) is 39.8 Å². The molecular formula is C13H24ClN5. The number of hydrogen-bond donors (Lipinski definition) is 1. The minimum atomic E-state index is 0.262. The molecule has 1 aliphatic rings. The maximum Gasteiger partial charge on any atom is 0.133 e. The average molecular weight is 286 g/mol. The average Bonchev–Trinajstić information content (AvgIpc) is 2.77. The van der Waals surface area contributed by atoms with Gasteiger partial charge in [-0.25, -0.2) is 4.98 Å². The van der Waals surface area contributed by atoms with E-state index < -0.39 is 0 Å². The van der Waals surface area contributed by atoms with Gasteiger partial charge in [0.1, 0.15) is 5.15 Å². The molecular weight excluding hydrogens is 262 g/mol. The van der Waals surface area contributed by atoms with Gasteiger partial charge in [-0.2, -0.15) is 0 Å². The Morgan fingerprint density at radius 1 is 1.37 bits per heavy atom. The van der Waals surface area contributed by atoms with Crippen LogP contribution in [0.1, 0.15) is 18.7 Å². The Hall–Kier alpha value is -0.620. The van der Waals surface area contributed by atoms with Crippen LogP contribution < -0.4 is 5.32 Å². The highest BCUT2D eigenvalue weighted by Gasteiger charge is 2.27. The fourth-order valence-electron chi connectivity index (χ4n) is 2.64. The number of nitrogens with zero attached hydrogens (tertiary/aromatic N) is 4. The number of piperazine rings is 1. The number of halogens is 1. The van der Waals surface area contributed by atoms with Gasteiger partial charge in [-0.15, -0.1) is 0 Å². The van der Waals surface area contributed by atoms with E-state index in [2.05, 4.69) is 27.0 Å². The molecule has 0 bridgehead atoms. The molecule has 2 heterocycles. The van der Waals surface area contributed by atoms with Gasteiger partial charge >= 0.3 is 0 Å². The summed E-state index contributed by atoms with van der Waals surface area (Å²) in [5, 5.41) is 4.01. The highest BCUT2D eigenvalue weighted by atomic mass is 35.5. The van der Waals surface area contributed by atoms with E-state index in [9.17, 15) is 0 Å². The summed E-state index contributed by atoms with van der Waals surface area (Å²) in [4.78, 5) is 9.45. The Morgan fingerprint density at radius 3 is 2.53 bits per heavy atom. The highest BCUT2D eigenvalue weighted by molar-refractivity contribution is 6.30. The Balaban J connectivity index is 2.10. The number of aryl methyl sites for hydroxylation is 1. The van der Waals surface area contributed by atoms with Crippen molar-refractivity contribution in [3.05, 3.63) is 17.2 Å². The maximum absolute atomic E-state index is 6.35. The first kappa shape index (κ1) is 14.8. The van der Waals surface area contributed by atoms with Gasteiger partial charge in [-0.1, -0.05) is 18.5 Å². The monoisotopic (exact) mass is 285 g/mol. The first-order valence-electron chi connectivity index (χ1n) is 6.95. The molecule has 1 aromatic heterocycles. The molecule has 1 fully saturated rings. The highest BCUT2D eigenvalue weighted by Crippen LogP contribution is 2.26. The Labute approximate surface area is 120 Å². The standard InChI is InChI=1S/C13H24ClN5/c1-4-18-5-7-19(8-6-18)11(9-15-2)12-13(14)17(3)10-16-12/h10-11,15H,4-9H2,1-3H3. The van der Waals surface area contributed by atoms with Crippen molar-refractivity contribution in [2.75, 3.05) is 46.3 Å². The van der Waals surface area contributed by atoms with E-state index in [0.29, 0.717) is 0 Å². The van der Waals surface area contributed by atoms with Crippen LogP contribution in [0.15, 0.2) is 6.33 Å². The molecule has 1 unspecified atom stereocenters. The van der Waals surface area contributed by atoms with Gasteiger partial charge in [0.05, 0.1) is 18.1 Å². The molecule has 1 saturated heterocycles. The number of aromatic nitrogens is 2. The van der Waals surface area contributed by atoms with Crippen molar-refractivity contribution in [2.24, 2.45) is 7.05 Å². The molecule has 1 N–H and O–H groups in total. The van der Waals surface area contributed by atoms with Crippen molar-refractivity contribution in [3.63, 3.8) is 0 Å². The molecule has 2 rings (SSSR count). The summed E-state index contributed by atoms with van der Waals surface area (Å²) >= 11 is 6.35. The van der Waals surface area contributed by atoms with E-state index in [1.54, 1.807) is 6.33 Å². The molecule has 0 spiro atoms. The molecule has 0 saturated carbocycles. The van der Waals surface area contributed by atoms with E-state index in [4.69, 9.17) is 11.6 Å². The Morgan fingerprint density at radius 2 is 2.05 bits per heavy atom. The lowest BCUT2D eigenvalue weighted by Crippen LogP contribution is -2.49. The second-order valence-corrected chi connectivity index (χ2v) is 5.43. The third-order valence-electron chi connectivity index (χ3n) is 3.90. The molecule has 0 radical (unpaired) electrons. The van der Waals surface area contributed by atoms with Gasteiger partial charge in [0.25, 0.3) is 0 Å². The van der Waals surface area contributed by atoms with E-state index in [1.807, 2.05) is 18.7 Å². The first-order chi connectivity index (χ1) is 9.17. The van der Waals surface area contributed by atoms with Crippen LogP contribution in [0.3, 0.4) is 0 Å². The molecule has 5 nitrogen and oxygen atoms in total. The van der Waals surface area contributed by atoms with Crippen molar-refractivity contribution in [2.45, 2.75) is 13.0 Å². The number of nitrogens with one attached hydrogen (secondary N) is 1. The van der Waals surface area contributed by atoms with Gasteiger partial charge < -0.3 is 14.8 Å². The number of likely N-dealkylation sites (N-methyl/N-ethyl adjacent to an activating group) is 2. The molecule has 19 heavy (non-hydrogen) atoms. The van der Waals surface area contributed by atoms with Crippen LogP contribution in [0.25, 0.3) is 0 Å². The molecule has 1 aliphatic heterocycles. The third kappa shape index (κ3) is 3.28. The summed E-state index contributed by atoms with van der Waals surface area (Å²) in [7, 11) is 3.91. The second-order valence-electron chi connectivity index (χ2n) is 5.08. The van der Waals surface area contributed by atoms with Gasteiger partial charge in [-0.3, -0.25) is 4.90 Å². The van der Waals surface area contributed by atoms with E-state index in [1.165, 1.54) is 0 Å². The lowest BCUT2D eigenvalue weighted by molar-refractivity contribution is 0.0976. The zero-order chi connectivity index (χ0) is 13.8. The van der Waals surface area contributed by atoms with E-state index in [-0.39, 0.29) is 6.04 Å². The van der Waals surface area contributed by atoms with Crippen molar-refractivity contribution in [3.8, 4) is 0 Å². The molecule has 0 amide bonds. The predicted octanol–water partition coefficient (Wildman–Crippen LogP) is 0.972. The zero-order valence-electron chi connectivity index (χ0n) is 12.1. The topological polar surface area (TPSA) is 36.3 Å². The van der Waals surface area contributed by atoms with Gasteiger partial charge in [0.2, 0.25) is 0 Å². The van der Waals surface area contributed by atoms with Crippen LogP contribution in [-0.2, 0) is 7.05 Å². The maximum atomic E-state index is 6.35. The molecule has 1 atom stereocenters. The third-order valence-corrected chi connectivity index (χ3v) is 4.36. The molecule has 6 heteroatoms. The SMILES string of the molecule is CCN1CCN(C(CNC)c2ncn(C)c2Cl)CC1. The van der Waals surface area contributed by atoms with Crippen LogP contribution in [0.5, 0.6) is 0 Å². The lowest BCUT2D eigenvalue weighted by atomic mass is 10.1. The summed E-state index contributed by atoms with van der Waals surface area (Å²) in [5.74, 6) is 0. The zero-order valence-corrected chi connectivity index (χ0v) is 12.8.